The lowest BCUT2D eigenvalue weighted by Crippen LogP contribution is -2.26. The number of benzene rings is 3. The molecule has 0 amide bonds. The summed E-state index contributed by atoms with van der Waals surface area (Å²) in [5.41, 5.74) is 1.22. The smallest absolute Gasteiger partial charge is 0.266 e. The average molecular weight is 470 g/mol. The van der Waals surface area contributed by atoms with Gasteiger partial charge in [-0.2, -0.15) is 20.5 Å². The van der Waals surface area contributed by atoms with Crippen LogP contribution in [0.25, 0.3) is 5.69 Å². The molecular formula is C28H19N7O. The van der Waals surface area contributed by atoms with Crippen LogP contribution < -0.4 is 5.56 Å². The Balaban J connectivity index is 1.93. The number of azo groups is 1. The molecule has 1 heterocycles. The van der Waals surface area contributed by atoms with Crippen LogP contribution in [0.2, 0.25) is 0 Å². The minimum Gasteiger partial charge on any atom is -0.266 e. The first-order chi connectivity index (χ1) is 17.7. The molecular weight excluding hydrogens is 450 g/mol. The lowest BCUT2D eigenvalue weighted by atomic mass is 9.82. The standard InChI is InChI=1S/C28H19N7O/c29-17-21(18-30)24(20-10-4-1-5-11-20)16-25-26(19-31)28(36)35(23-14-8-3-9-15-23)34-27(25)33-32-22-12-6-2-7-13-22/h1-15,21,24H,16H2. The summed E-state index contributed by atoms with van der Waals surface area (Å²) in [6.07, 6.45) is 0.0275. The van der Waals surface area contributed by atoms with E-state index in [1.54, 1.807) is 54.6 Å². The highest BCUT2D eigenvalue weighted by atomic mass is 16.1. The summed E-state index contributed by atoms with van der Waals surface area (Å²) < 4.78 is 1.12. The van der Waals surface area contributed by atoms with E-state index in [2.05, 4.69) is 15.3 Å². The lowest BCUT2D eigenvalue weighted by Gasteiger charge is -2.19. The maximum atomic E-state index is 13.4. The Hall–Kier alpha value is -5.39. The minimum absolute atomic E-state index is 0.0275. The molecule has 0 aliphatic rings. The van der Waals surface area contributed by atoms with Gasteiger partial charge in [-0.05, 0) is 36.2 Å². The first-order valence-electron chi connectivity index (χ1n) is 11.1. The van der Waals surface area contributed by atoms with E-state index in [9.17, 15) is 20.6 Å². The van der Waals surface area contributed by atoms with Gasteiger partial charge in [0.2, 0.25) is 0 Å². The highest BCUT2D eigenvalue weighted by Gasteiger charge is 2.28. The predicted molar refractivity (Wildman–Crippen MR) is 133 cm³/mol. The molecule has 4 aromatic rings. The van der Waals surface area contributed by atoms with Crippen molar-refractivity contribution in [2.24, 2.45) is 16.1 Å². The van der Waals surface area contributed by atoms with Gasteiger partial charge >= 0.3 is 0 Å². The van der Waals surface area contributed by atoms with Gasteiger partial charge in [-0.25, -0.2) is 0 Å². The van der Waals surface area contributed by atoms with Crippen molar-refractivity contribution in [1.82, 2.24) is 9.78 Å². The highest BCUT2D eigenvalue weighted by molar-refractivity contribution is 5.51. The Morgan fingerprint density at radius 1 is 0.806 bits per heavy atom. The molecule has 0 bridgehead atoms. The van der Waals surface area contributed by atoms with Crippen LogP contribution in [0.1, 0.15) is 22.6 Å². The molecule has 0 fully saturated rings. The number of nitriles is 3. The van der Waals surface area contributed by atoms with Gasteiger partial charge in [0.1, 0.15) is 17.6 Å². The van der Waals surface area contributed by atoms with Crippen molar-refractivity contribution >= 4 is 11.5 Å². The van der Waals surface area contributed by atoms with E-state index in [4.69, 9.17) is 0 Å². The molecule has 1 unspecified atom stereocenters. The lowest BCUT2D eigenvalue weighted by molar-refractivity contribution is 0.602. The predicted octanol–water partition coefficient (Wildman–Crippen LogP) is 5.51. The third kappa shape index (κ3) is 5.07. The van der Waals surface area contributed by atoms with Gasteiger partial charge in [0.15, 0.2) is 5.82 Å². The molecule has 3 aromatic carbocycles. The van der Waals surface area contributed by atoms with Gasteiger partial charge < -0.3 is 0 Å². The van der Waals surface area contributed by atoms with E-state index in [0.29, 0.717) is 11.4 Å². The van der Waals surface area contributed by atoms with Crippen molar-refractivity contribution in [2.45, 2.75) is 12.3 Å². The van der Waals surface area contributed by atoms with E-state index >= 15 is 0 Å². The van der Waals surface area contributed by atoms with Crippen LogP contribution in [0.15, 0.2) is 106 Å². The van der Waals surface area contributed by atoms with Crippen LogP contribution in [0, 0.1) is 39.9 Å². The number of rotatable bonds is 7. The summed E-state index contributed by atoms with van der Waals surface area (Å²) >= 11 is 0. The first-order valence-corrected chi connectivity index (χ1v) is 11.1. The minimum atomic E-state index is -1.02. The molecule has 1 aromatic heterocycles. The summed E-state index contributed by atoms with van der Waals surface area (Å²) in [5.74, 6) is -1.57. The summed E-state index contributed by atoms with van der Waals surface area (Å²) in [6, 6.07) is 32.8. The molecule has 8 nitrogen and oxygen atoms in total. The Morgan fingerprint density at radius 2 is 1.39 bits per heavy atom. The zero-order valence-electron chi connectivity index (χ0n) is 19.1. The largest absolute Gasteiger partial charge is 0.289 e. The summed E-state index contributed by atoms with van der Waals surface area (Å²) in [7, 11) is 0. The number of para-hydroxylation sites is 1. The van der Waals surface area contributed by atoms with E-state index in [1.807, 2.05) is 54.6 Å². The number of nitrogens with zero attached hydrogens (tertiary/aromatic N) is 7. The van der Waals surface area contributed by atoms with E-state index in [1.165, 1.54) is 0 Å². The molecule has 8 heteroatoms. The fourth-order valence-electron chi connectivity index (χ4n) is 3.84. The Labute approximate surface area is 207 Å². The second kappa shape index (κ2) is 11.2. The van der Waals surface area contributed by atoms with E-state index in [0.717, 1.165) is 10.2 Å². The summed E-state index contributed by atoms with van der Waals surface area (Å²) in [6.45, 7) is 0. The Kier molecular flexibility index (Phi) is 7.36. The maximum Gasteiger partial charge on any atom is 0.289 e. The highest BCUT2D eigenvalue weighted by Crippen LogP contribution is 2.33. The van der Waals surface area contributed by atoms with Crippen molar-refractivity contribution in [3.63, 3.8) is 0 Å². The summed E-state index contributed by atoms with van der Waals surface area (Å²) in [5, 5.41) is 42.4. The normalized spacial score (nSPS) is 11.5. The molecule has 0 spiro atoms. The number of aromatic nitrogens is 2. The van der Waals surface area contributed by atoms with Gasteiger partial charge in [-0.3, -0.25) is 4.79 Å². The van der Waals surface area contributed by atoms with Gasteiger partial charge in [-0.15, -0.1) is 15.3 Å². The quantitative estimate of drug-likeness (QED) is 0.329. The van der Waals surface area contributed by atoms with E-state index in [-0.39, 0.29) is 23.4 Å². The molecule has 0 aliphatic heterocycles. The molecule has 0 saturated heterocycles. The summed E-state index contributed by atoms with van der Waals surface area (Å²) in [4.78, 5) is 13.4. The zero-order chi connectivity index (χ0) is 25.3. The van der Waals surface area contributed by atoms with Crippen molar-refractivity contribution in [2.75, 3.05) is 0 Å². The topological polar surface area (TPSA) is 131 Å². The molecule has 0 radical (unpaired) electrons. The molecule has 36 heavy (non-hydrogen) atoms. The van der Waals surface area contributed by atoms with Crippen LogP contribution in [0.4, 0.5) is 11.5 Å². The average Bonchev–Trinajstić information content (AvgIpc) is 2.94. The second-order valence-corrected chi connectivity index (χ2v) is 7.83. The second-order valence-electron chi connectivity index (χ2n) is 7.83. The molecule has 172 valence electrons. The Morgan fingerprint density at radius 3 is 1.97 bits per heavy atom. The van der Waals surface area contributed by atoms with Crippen LogP contribution in [-0.4, -0.2) is 9.78 Å². The van der Waals surface area contributed by atoms with Gasteiger partial charge in [0.05, 0.1) is 23.5 Å². The van der Waals surface area contributed by atoms with Crippen LogP contribution >= 0.6 is 0 Å². The van der Waals surface area contributed by atoms with Crippen molar-refractivity contribution in [3.8, 4) is 23.9 Å². The zero-order valence-corrected chi connectivity index (χ0v) is 19.1. The third-order valence-electron chi connectivity index (χ3n) is 5.63. The molecule has 0 saturated carbocycles. The third-order valence-corrected chi connectivity index (χ3v) is 5.63. The van der Waals surface area contributed by atoms with Gasteiger partial charge in [-0.1, -0.05) is 66.7 Å². The van der Waals surface area contributed by atoms with Crippen LogP contribution in [0.3, 0.4) is 0 Å². The fourth-order valence-corrected chi connectivity index (χ4v) is 3.84. The monoisotopic (exact) mass is 469 g/mol. The molecule has 4 rings (SSSR count). The molecule has 0 aliphatic carbocycles. The van der Waals surface area contributed by atoms with Crippen molar-refractivity contribution in [1.29, 1.82) is 15.8 Å². The molecule has 0 N–H and O–H groups in total. The number of hydrogen-bond donors (Lipinski definition) is 0. The Bertz CT molecular complexity index is 1540. The maximum absolute atomic E-state index is 13.4. The van der Waals surface area contributed by atoms with Gasteiger partial charge in [0.25, 0.3) is 5.56 Å². The van der Waals surface area contributed by atoms with E-state index < -0.39 is 17.4 Å². The SMILES string of the molecule is N#Cc1c(CC(c2ccccc2)C(C#N)C#N)c(N=Nc2ccccc2)nn(-c2ccccc2)c1=O. The fraction of sp³-hybridized carbons (Fsp3) is 0.107. The number of hydrogen-bond acceptors (Lipinski definition) is 7. The van der Waals surface area contributed by atoms with Crippen molar-refractivity contribution < 1.29 is 0 Å². The first kappa shape index (κ1) is 23.8. The molecule has 1 atom stereocenters. The van der Waals surface area contributed by atoms with Crippen LogP contribution in [0.5, 0.6) is 0 Å². The van der Waals surface area contributed by atoms with Gasteiger partial charge in [0, 0.05) is 11.5 Å². The van der Waals surface area contributed by atoms with Crippen LogP contribution in [-0.2, 0) is 6.42 Å². The van der Waals surface area contributed by atoms with Crippen molar-refractivity contribution in [3.05, 3.63) is 118 Å².